The van der Waals surface area contributed by atoms with Gasteiger partial charge in [-0.05, 0) is 31.5 Å². The van der Waals surface area contributed by atoms with Gasteiger partial charge in [0.1, 0.15) is 0 Å². The minimum atomic E-state index is -0.490. The van der Waals surface area contributed by atoms with E-state index < -0.39 is 5.41 Å². The summed E-state index contributed by atoms with van der Waals surface area (Å²) in [5, 5.41) is 3.62. The van der Waals surface area contributed by atoms with Gasteiger partial charge in [0.25, 0.3) is 5.91 Å². The summed E-state index contributed by atoms with van der Waals surface area (Å²) in [5.74, 6) is -0.00881. The SMILES string of the molecule is CNC(=O)C1(C)CCN(C(=O)c2cccc3[nH]ccc23)C1. The monoisotopic (exact) mass is 285 g/mol. The average molecular weight is 285 g/mol. The maximum absolute atomic E-state index is 12.7. The summed E-state index contributed by atoms with van der Waals surface area (Å²) in [7, 11) is 1.64. The molecule has 0 saturated carbocycles. The second-order valence-corrected chi connectivity index (χ2v) is 5.86. The van der Waals surface area contributed by atoms with Crippen molar-refractivity contribution in [3.63, 3.8) is 0 Å². The molecule has 1 atom stereocenters. The van der Waals surface area contributed by atoms with Gasteiger partial charge in [0, 0.05) is 42.8 Å². The van der Waals surface area contributed by atoms with Gasteiger partial charge in [0.2, 0.25) is 5.91 Å². The minimum absolute atomic E-state index is 0.00217. The van der Waals surface area contributed by atoms with Crippen LogP contribution in [0.3, 0.4) is 0 Å². The molecular formula is C16H19N3O2. The lowest BCUT2D eigenvalue weighted by Crippen LogP contribution is -2.40. The fourth-order valence-electron chi connectivity index (χ4n) is 3.06. The van der Waals surface area contributed by atoms with Crippen LogP contribution < -0.4 is 5.32 Å². The number of aromatic amines is 1. The number of nitrogens with one attached hydrogen (secondary N) is 2. The maximum Gasteiger partial charge on any atom is 0.254 e. The molecule has 2 aromatic rings. The number of carbonyl (C=O) groups is 2. The highest BCUT2D eigenvalue weighted by atomic mass is 16.2. The molecule has 1 saturated heterocycles. The molecule has 2 N–H and O–H groups in total. The number of hydrogen-bond acceptors (Lipinski definition) is 2. The van der Waals surface area contributed by atoms with Crippen LogP contribution in [0.25, 0.3) is 10.9 Å². The molecule has 0 spiro atoms. The molecule has 5 nitrogen and oxygen atoms in total. The summed E-state index contributed by atoms with van der Waals surface area (Å²) in [5.41, 5.74) is 1.15. The van der Waals surface area contributed by atoms with E-state index in [0.717, 1.165) is 10.9 Å². The normalized spacial score (nSPS) is 21.7. The molecule has 0 bridgehead atoms. The minimum Gasteiger partial charge on any atom is -0.361 e. The van der Waals surface area contributed by atoms with E-state index in [9.17, 15) is 9.59 Å². The summed E-state index contributed by atoms with van der Waals surface area (Å²) in [6, 6.07) is 7.58. The summed E-state index contributed by atoms with van der Waals surface area (Å²) in [4.78, 5) is 29.6. The first-order chi connectivity index (χ1) is 10.0. The molecular weight excluding hydrogens is 266 g/mol. The lowest BCUT2D eigenvalue weighted by atomic mass is 9.89. The van der Waals surface area contributed by atoms with E-state index in [1.165, 1.54) is 0 Å². The van der Waals surface area contributed by atoms with Crippen molar-refractivity contribution >= 4 is 22.7 Å². The molecule has 3 rings (SSSR count). The van der Waals surface area contributed by atoms with Crippen molar-refractivity contribution in [1.29, 1.82) is 0 Å². The van der Waals surface area contributed by atoms with Crippen LogP contribution in [0.5, 0.6) is 0 Å². The highest BCUT2D eigenvalue weighted by Gasteiger charge is 2.41. The Morgan fingerprint density at radius 1 is 1.33 bits per heavy atom. The Labute approximate surface area is 123 Å². The van der Waals surface area contributed by atoms with Crippen LogP contribution >= 0.6 is 0 Å². The van der Waals surface area contributed by atoms with Crippen LogP contribution in [-0.2, 0) is 4.79 Å². The molecule has 1 fully saturated rings. The van der Waals surface area contributed by atoms with Gasteiger partial charge in [0.05, 0.1) is 5.41 Å². The predicted molar refractivity (Wildman–Crippen MR) is 81.0 cm³/mol. The predicted octanol–water partition coefficient (Wildman–Crippen LogP) is 1.77. The molecule has 1 aromatic carbocycles. The van der Waals surface area contributed by atoms with Gasteiger partial charge >= 0.3 is 0 Å². The topological polar surface area (TPSA) is 65.2 Å². The highest BCUT2D eigenvalue weighted by Crippen LogP contribution is 2.31. The third-order valence-electron chi connectivity index (χ3n) is 4.36. The molecule has 2 amide bonds. The Morgan fingerprint density at radius 2 is 2.14 bits per heavy atom. The molecule has 1 aromatic heterocycles. The summed E-state index contributed by atoms with van der Waals surface area (Å²) < 4.78 is 0. The van der Waals surface area contributed by atoms with Crippen molar-refractivity contribution in [3.8, 4) is 0 Å². The van der Waals surface area contributed by atoms with Crippen molar-refractivity contribution in [1.82, 2.24) is 15.2 Å². The molecule has 0 radical (unpaired) electrons. The van der Waals surface area contributed by atoms with Crippen molar-refractivity contribution in [2.24, 2.45) is 5.41 Å². The van der Waals surface area contributed by atoms with E-state index in [4.69, 9.17) is 0 Å². The number of H-pyrrole nitrogens is 1. The van der Waals surface area contributed by atoms with Gasteiger partial charge in [-0.2, -0.15) is 0 Å². The van der Waals surface area contributed by atoms with Crippen LogP contribution in [-0.4, -0.2) is 41.8 Å². The van der Waals surface area contributed by atoms with Crippen LogP contribution in [0.1, 0.15) is 23.7 Å². The zero-order valence-corrected chi connectivity index (χ0v) is 12.3. The Balaban J connectivity index is 1.87. The van der Waals surface area contributed by atoms with Crippen molar-refractivity contribution < 1.29 is 9.59 Å². The van der Waals surface area contributed by atoms with E-state index in [1.54, 1.807) is 11.9 Å². The van der Waals surface area contributed by atoms with E-state index in [2.05, 4.69) is 10.3 Å². The Kier molecular flexibility index (Phi) is 3.20. The summed E-state index contributed by atoms with van der Waals surface area (Å²) >= 11 is 0. The highest BCUT2D eigenvalue weighted by molar-refractivity contribution is 6.06. The molecule has 2 heterocycles. The molecule has 1 unspecified atom stereocenters. The number of carbonyl (C=O) groups excluding carboxylic acids is 2. The quantitative estimate of drug-likeness (QED) is 0.883. The number of likely N-dealkylation sites (tertiary alicyclic amines) is 1. The number of fused-ring (bicyclic) bond motifs is 1. The number of hydrogen-bond donors (Lipinski definition) is 2. The Hall–Kier alpha value is -2.30. The third kappa shape index (κ3) is 2.18. The van der Waals surface area contributed by atoms with Crippen molar-refractivity contribution in [2.45, 2.75) is 13.3 Å². The van der Waals surface area contributed by atoms with Crippen molar-refractivity contribution in [2.75, 3.05) is 20.1 Å². The van der Waals surface area contributed by atoms with Crippen LogP contribution in [0, 0.1) is 5.41 Å². The van der Waals surface area contributed by atoms with Gasteiger partial charge in [0.15, 0.2) is 0 Å². The average Bonchev–Trinajstić information content (AvgIpc) is 3.12. The van der Waals surface area contributed by atoms with Crippen LogP contribution in [0.2, 0.25) is 0 Å². The first kappa shape index (κ1) is 13.7. The number of amides is 2. The van der Waals surface area contributed by atoms with Gasteiger partial charge in [-0.15, -0.1) is 0 Å². The first-order valence-electron chi connectivity index (χ1n) is 7.13. The first-order valence-corrected chi connectivity index (χ1v) is 7.13. The zero-order chi connectivity index (χ0) is 15.0. The van der Waals surface area contributed by atoms with E-state index in [-0.39, 0.29) is 11.8 Å². The van der Waals surface area contributed by atoms with E-state index in [0.29, 0.717) is 25.1 Å². The van der Waals surface area contributed by atoms with Gasteiger partial charge in [-0.3, -0.25) is 9.59 Å². The van der Waals surface area contributed by atoms with Gasteiger partial charge in [-0.1, -0.05) is 6.07 Å². The smallest absolute Gasteiger partial charge is 0.254 e. The Morgan fingerprint density at radius 3 is 2.90 bits per heavy atom. The lowest BCUT2D eigenvalue weighted by molar-refractivity contribution is -0.128. The number of benzene rings is 1. The lowest BCUT2D eigenvalue weighted by Gasteiger charge is -2.23. The summed E-state index contributed by atoms with van der Waals surface area (Å²) in [6.45, 7) is 2.99. The second kappa shape index (κ2) is 4.91. The molecule has 5 heteroatoms. The molecule has 1 aliphatic rings. The fourth-order valence-corrected chi connectivity index (χ4v) is 3.06. The number of rotatable bonds is 2. The van der Waals surface area contributed by atoms with Crippen molar-refractivity contribution in [3.05, 3.63) is 36.0 Å². The standard InChI is InChI=1S/C16H19N3O2/c1-16(15(21)17-2)7-9-19(10-16)14(20)12-4-3-5-13-11(12)6-8-18-13/h3-6,8,18H,7,9-10H2,1-2H3,(H,17,21). The Bertz CT molecular complexity index is 706. The third-order valence-corrected chi connectivity index (χ3v) is 4.36. The van der Waals surface area contributed by atoms with Crippen LogP contribution in [0.15, 0.2) is 30.5 Å². The van der Waals surface area contributed by atoms with E-state index >= 15 is 0 Å². The molecule has 1 aliphatic heterocycles. The summed E-state index contributed by atoms with van der Waals surface area (Å²) in [6.07, 6.45) is 2.53. The number of aromatic nitrogens is 1. The molecule has 110 valence electrons. The van der Waals surface area contributed by atoms with E-state index in [1.807, 2.05) is 37.4 Å². The number of nitrogens with zero attached hydrogens (tertiary/aromatic N) is 1. The maximum atomic E-state index is 12.7. The second-order valence-electron chi connectivity index (χ2n) is 5.86. The van der Waals surface area contributed by atoms with Gasteiger partial charge < -0.3 is 15.2 Å². The zero-order valence-electron chi connectivity index (χ0n) is 12.3. The molecule has 0 aliphatic carbocycles. The largest absolute Gasteiger partial charge is 0.361 e. The van der Waals surface area contributed by atoms with Gasteiger partial charge in [-0.25, -0.2) is 0 Å². The van der Waals surface area contributed by atoms with Crippen LogP contribution in [0.4, 0.5) is 0 Å². The fraction of sp³-hybridized carbons (Fsp3) is 0.375. The molecule has 21 heavy (non-hydrogen) atoms.